The Morgan fingerprint density at radius 2 is 1.00 bits per heavy atom. The molecular weight excluding hydrogens is 324 g/mol. The van der Waals surface area contributed by atoms with E-state index in [1.807, 2.05) is 0 Å². The molecule has 1 aliphatic rings. The lowest BCUT2D eigenvalue weighted by Crippen LogP contribution is -2.38. The smallest absolute Gasteiger partial charge is 0.0622 e. The Labute approximate surface area is 161 Å². The van der Waals surface area contributed by atoms with E-state index in [1.165, 1.54) is 39.3 Å². The summed E-state index contributed by atoms with van der Waals surface area (Å²) in [5.41, 5.74) is 7.70. The first-order valence-corrected chi connectivity index (χ1v) is 9.48. The maximum Gasteiger partial charge on any atom is 0.142 e. The van der Waals surface area contributed by atoms with Gasteiger partial charge in [0.1, 0.15) is 11.0 Å². The van der Waals surface area contributed by atoms with E-state index in [0.29, 0.717) is 0 Å². The summed E-state index contributed by atoms with van der Waals surface area (Å²) in [6.07, 6.45) is 0. The summed E-state index contributed by atoms with van der Waals surface area (Å²) >= 11 is 0. The Morgan fingerprint density at radius 1 is 0.519 bits per heavy atom. The molecule has 0 amide bonds. The molecule has 0 fully saturated rings. The standard InChI is InChI=1S/C27H21/c1-20-23-16-8-9-17-24(23)25-18-10-11-19-26(25)27(20,21-12-4-2-5-13-21)22-14-6-3-7-15-22/h2-19H,1H3/q+1. The number of hydrogen-bond acceptors (Lipinski definition) is 0. The molecule has 0 bridgehead atoms. The molecule has 128 valence electrons. The first kappa shape index (κ1) is 16.0. The molecule has 0 spiro atoms. The number of fused-ring (bicyclic) bond motifs is 3. The molecule has 0 nitrogen and oxygen atoms in total. The lowest BCUT2D eigenvalue weighted by Gasteiger charge is -2.41. The summed E-state index contributed by atoms with van der Waals surface area (Å²) in [5.74, 6) is 1.38. The highest BCUT2D eigenvalue weighted by Crippen LogP contribution is 2.56. The largest absolute Gasteiger partial charge is 0.142 e. The van der Waals surface area contributed by atoms with Crippen molar-refractivity contribution < 1.29 is 0 Å². The fraction of sp³-hybridized carbons (Fsp3) is 0.0741. The second-order valence-corrected chi connectivity index (χ2v) is 7.20. The summed E-state index contributed by atoms with van der Waals surface area (Å²) in [6.45, 7) is 2.30. The van der Waals surface area contributed by atoms with Crippen LogP contribution in [0.4, 0.5) is 0 Å². The van der Waals surface area contributed by atoms with Gasteiger partial charge in [0.25, 0.3) is 0 Å². The van der Waals surface area contributed by atoms with Gasteiger partial charge in [0.2, 0.25) is 0 Å². The number of hydrogen-bond donors (Lipinski definition) is 0. The Hall–Kier alpha value is -3.25. The van der Waals surface area contributed by atoms with E-state index >= 15 is 0 Å². The normalized spacial score (nSPS) is 14.3. The van der Waals surface area contributed by atoms with Gasteiger partial charge >= 0.3 is 0 Å². The monoisotopic (exact) mass is 345 g/mol. The van der Waals surface area contributed by atoms with Crippen molar-refractivity contribution in [2.45, 2.75) is 12.3 Å². The van der Waals surface area contributed by atoms with Gasteiger partial charge in [-0.1, -0.05) is 78.9 Å². The van der Waals surface area contributed by atoms with Gasteiger partial charge in [-0.05, 0) is 29.3 Å². The summed E-state index contributed by atoms with van der Waals surface area (Å²) in [4.78, 5) is 0. The molecule has 0 radical (unpaired) electrons. The van der Waals surface area contributed by atoms with Crippen molar-refractivity contribution >= 4 is 0 Å². The van der Waals surface area contributed by atoms with Crippen molar-refractivity contribution in [2.75, 3.05) is 0 Å². The Bertz CT molecular complexity index is 1040. The summed E-state index contributed by atoms with van der Waals surface area (Å²) in [7, 11) is 0. The van der Waals surface area contributed by atoms with E-state index in [4.69, 9.17) is 0 Å². The van der Waals surface area contributed by atoms with E-state index in [1.54, 1.807) is 0 Å². The number of benzene rings is 4. The van der Waals surface area contributed by atoms with Gasteiger partial charge in [0, 0.05) is 30.2 Å². The van der Waals surface area contributed by atoms with Crippen LogP contribution in [0.3, 0.4) is 0 Å². The second-order valence-electron chi connectivity index (χ2n) is 7.20. The minimum absolute atomic E-state index is 0.284. The third-order valence-corrected chi connectivity index (χ3v) is 5.93. The molecular formula is C27H21+. The van der Waals surface area contributed by atoms with E-state index in [-0.39, 0.29) is 5.41 Å². The molecule has 0 aliphatic heterocycles. The highest BCUT2D eigenvalue weighted by Gasteiger charge is 2.52. The molecule has 0 saturated heterocycles. The van der Waals surface area contributed by atoms with Crippen LogP contribution in [0.5, 0.6) is 0 Å². The zero-order valence-corrected chi connectivity index (χ0v) is 15.4. The lowest BCUT2D eigenvalue weighted by atomic mass is 9.56. The Balaban J connectivity index is 1.95. The average molecular weight is 345 g/mol. The molecule has 0 N–H and O–H groups in total. The molecule has 4 aromatic carbocycles. The van der Waals surface area contributed by atoms with Crippen LogP contribution in [0.15, 0.2) is 109 Å². The van der Waals surface area contributed by atoms with Crippen molar-refractivity contribution in [3.05, 3.63) is 137 Å². The van der Waals surface area contributed by atoms with Gasteiger partial charge in [-0.15, -0.1) is 0 Å². The average Bonchev–Trinajstić information content (AvgIpc) is 2.76. The highest BCUT2D eigenvalue weighted by molar-refractivity contribution is 5.83. The lowest BCUT2D eigenvalue weighted by molar-refractivity contribution is 0.648. The maximum absolute atomic E-state index is 2.30. The maximum atomic E-state index is 2.30. The van der Waals surface area contributed by atoms with Crippen molar-refractivity contribution in [1.82, 2.24) is 0 Å². The van der Waals surface area contributed by atoms with Crippen molar-refractivity contribution in [3.63, 3.8) is 0 Å². The van der Waals surface area contributed by atoms with Crippen molar-refractivity contribution in [3.8, 4) is 11.1 Å². The minimum Gasteiger partial charge on any atom is -0.0622 e. The van der Waals surface area contributed by atoms with Crippen LogP contribution in [0.25, 0.3) is 11.1 Å². The number of rotatable bonds is 2. The molecule has 0 aromatic heterocycles. The van der Waals surface area contributed by atoms with Crippen LogP contribution in [-0.2, 0) is 5.41 Å². The molecule has 4 aromatic rings. The summed E-state index contributed by atoms with van der Waals surface area (Å²) < 4.78 is 0. The molecule has 5 rings (SSSR count). The molecule has 27 heavy (non-hydrogen) atoms. The SMILES string of the molecule is C[C+]1c2ccccc2-c2ccccc2C1(c1ccccc1)c1ccccc1. The molecule has 0 heterocycles. The first-order valence-electron chi connectivity index (χ1n) is 9.48. The molecule has 0 unspecified atom stereocenters. The van der Waals surface area contributed by atoms with Crippen LogP contribution in [-0.4, -0.2) is 0 Å². The van der Waals surface area contributed by atoms with E-state index in [9.17, 15) is 0 Å². The quantitative estimate of drug-likeness (QED) is 0.357. The predicted molar refractivity (Wildman–Crippen MR) is 113 cm³/mol. The second kappa shape index (κ2) is 6.17. The molecule has 0 atom stereocenters. The molecule has 1 aliphatic carbocycles. The highest BCUT2D eigenvalue weighted by atomic mass is 14.5. The first-order chi connectivity index (χ1) is 13.3. The van der Waals surface area contributed by atoms with Gasteiger partial charge in [-0.2, -0.15) is 0 Å². The van der Waals surface area contributed by atoms with Crippen LogP contribution in [0.1, 0.15) is 29.2 Å². The zero-order chi connectivity index (χ0) is 18.3. The van der Waals surface area contributed by atoms with E-state index in [2.05, 4.69) is 116 Å². The van der Waals surface area contributed by atoms with Crippen LogP contribution < -0.4 is 0 Å². The zero-order valence-electron chi connectivity index (χ0n) is 15.4. The third-order valence-electron chi connectivity index (χ3n) is 5.93. The topological polar surface area (TPSA) is 0 Å². The van der Waals surface area contributed by atoms with Gasteiger partial charge in [0.15, 0.2) is 0 Å². The van der Waals surface area contributed by atoms with Gasteiger partial charge in [-0.3, -0.25) is 0 Å². The van der Waals surface area contributed by atoms with Gasteiger partial charge in [0.05, 0.1) is 11.5 Å². The summed E-state index contributed by atoms with van der Waals surface area (Å²) in [5, 5.41) is 0. The predicted octanol–water partition coefficient (Wildman–Crippen LogP) is 6.64. The fourth-order valence-corrected chi connectivity index (χ4v) is 4.78. The van der Waals surface area contributed by atoms with Gasteiger partial charge < -0.3 is 0 Å². The summed E-state index contributed by atoms with van der Waals surface area (Å²) in [6, 6.07) is 39.5. The van der Waals surface area contributed by atoms with Gasteiger partial charge in [-0.25, -0.2) is 0 Å². The van der Waals surface area contributed by atoms with Crippen molar-refractivity contribution in [2.24, 2.45) is 0 Å². The third kappa shape index (κ3) is 2.20. The molecule has 0 heteroatoms. The Kier molecular flexibility index (Phi) is 3.65. The van der Waals surface area contributed by atoms with E-state index < -0.39 is 0 Å². The molecule has 0 saturated carbocycles. The van der Waals surface area contributed by atoms with Crippen LogP contribution in [0, 0.1) is 5.92 Å². The van der Waals surface area contributed by atoms with Crippen LogP contribution in [0.2, 0.25) is 0 Å². The fourth-order valence-electron chi connectivity index (χ4n) is 4.78. The van der Waals surface area contributed by atoms with Crippen molar-refractivity contribution in [1.29, 1.82) is 0 Å². The minimum atomic E-state index is -0.284. The Morgan fingerprint density at radius 3 is 1.63 bits per heavy atom. The van der Waals surface area contributed by atoms with Crippen LogP contribution >= 0.6 is 0 Å². The van der Waals surface area contributed by atoms with E-state index in [0.717, 1.165) is 0 Å².